The van der Waals surface area contributed by atoms with E-state index in [0.717, 1.165) is 0 Å². The van der Waals surface area contributed by atoms with Crippen LogP contribution >= 0.6 is 0 Å². The Labute approximate surface area is 92.2 Å². The molecular formula is C10H12N2O4. The van der Waals surface area contributed by atoms with Crippen molar-refractivity contribution in [1.82, 2.24) is 0 Å². The van der Waals surface area contributed by atoms with Crippen LogP contribution in [0.5, 0.6) is 0 Å². The van der Waals surface area contributed by atoms with Gasteiger partial charge in [-0.25, -0.2) is 0 Å². The van der Waals surface area contributed by atoms with E-state index in [1.54, 1.807) is 30.3 Å². The van der Waals surface area contributed by atoms with Crippen molar-refractivity contribution in [2.75, 3.05) is 6.54 Å². The Morgan fingerprint density at radius 3 is 2.19 bits per heavy atom. The average Bonchev–Trinajstić information content (AvgIpc) is 2.26. The van der Waals surface area contributed by atoms with Crippen LogP contribution in [0, 0.1) is 20.2 Å². The molecule has 2 atom stereocenters. The summed E-state index contributed by atoms with van der Waals surface area (Å²) in [4.78, 5) is 20.2. The maximum absolute atomic E-state index is 10.7. The van der Waals surface area contributed by atoms with E-state index >= 15 is 0 Å². The third kappa shape index (κ3) is 3.01. The van der Waals surface area contributed by atoms with E-state index in [2.05, 4.69) is 0 Å². The molecule has 6 heteroatoms. The van der Waals surface area contributed by atoms with E-state index < -0.39 is 28.4 Å². The van der Waals surface area contributed by atoms with Crippen molar-refractivity contribution in [2.45, 2.75) is 18.9 Å². The Balaban J connectivity index is 2.96. The van der Waals surface area contributed by atoms with Crippen molar-refractivity contribution in [3.05, 3.63) is 56.1 Å². The van der Waals surface area contributed by atoms with Gasteiger partial charge < -0.3 is 0 Å². The molecule has 0 spiro atoms. The Morgan fingerprint density at radius 1 is 1.19 bits per heavy atom. The lowest BCUT2D eigenvalue weighted by Crippen LogP contribution is -2.29. The van der Waals surface area contributed by atoms with E-state index in [1.165, 1.54) is 6.92 Å². The number of hydrogen-bond donors (Lipinski definition) is 0. The highest BCUT2D eigenvalue weighted by Crippen LogP contribution is 2.21. The standard InChI is InChI=1S/C10H12N2O4/c1-8(12(15)16)10(7-11(13)14)9-5-3-2-4-6-9/h2-6,8,10H,7H2,1H3. The molecule has 1 rings (SSSR count). The van der Waals surface area contributed by atoms with Gasteiger partial charge in [0.05, 0.1) is 0 Å². The Hall–Kier alpha value is -1.98. The van der Waals surface area contributed by atoms with E-state index in [9.17, 15) is 20.2 Å². The van der Waals surface area contributed by atoms with Gasteiger partial charge in [-0.15, -0.1) is 0 Å². The molecular weight excluding hydrogens is 212 g/mol. The fraction of sp³-hybridized carbons (Fsp3) is 0.400. The van der Waals surface area contributed by atoms with Crippen LogP contribution in [-0.4, -0.2) is 22.4 Å². The predicted octanol–water partition coefficient (Wildman–Crippen LogP) is 1.71. The zero-order valence-electron chi connectivity index (χ0n) is 8.78. The van der Waals surface area contributed by atoms with E-state index in [0.29, 0.717) is 5.56 Å². The monoisotopic (exact) mass is 224 g/mol. The summed E-state index contributed by atoms with van der Waals surface area (Å²) in [6, 6.07) is 7.59. The molecule has 1 aromatic carbocycles. The molecule has 0 heterocycles. The minimum Gasteiger partial charge on any atom is -0.265 e. The zero-order chi connectivity index (χ0) is 12.1. The summed E-state index contributed by atoms with van der Waals surface area (Å²) in [5.74, 6) is -0.689. The molecule has 0 aromatic heterocycles. The summed E-state index contributed by atoms with van der Waals surface area (Å²) in [5.41, 5.74) is 0.628. The van der Waals surface area contributed by atoms with Crippen molar-refractivity contribution in [2.24, 2.45) is 0 Å². The van der Waals surface area contributed by atoms with E-state index in [-0.39, 0.29) is 0 Å². The van der Waals surface area contributed by atoms with Gasteiger partial charge >= 0.3 is 0 Å². The van der Waals surface area contributed by atoms with E-state index in [1.807, 2.05) is 0 Å². The number of nitrogens with zero attached hydrogens (tertiary/aromatic N) is 2. The van der Waals surface area contributed by atoms with Crippen molar-refractivity contribution < 1.29 is 9.85 Å². The van der Waals surface area contributed by atoms with Crippen LogP contribution in [0.4, 0.5) is 0 Å². The van der Waals surface area contributed by atoms with Crippen molar-refractivity contribution in [1.29, 1.82) is 0 Å². The lowest BCUT2D eigenvalue weighted by atomic mass is 9.93. The molecule has 0 fully saturated rings. The van der Waals surface area contributed by atoms with Gasteiger partial charge in [0.25, 0.3) is 0 Å². The van der Waals surface area contributed by atoms with Crippen LogP contribution in [0.2, 0.25) is 0 Å². The van der Waals surface area contributed by atoms with Crippen LogP contribution in [0.25, 0.3) is 0 Å². The van der Waals surface area contributed by atoms with Crippen LogP contribution in [0.1, 0.15) is 18.4 Å². The Morgan fingerprint density at radius 2 is 1.75 bits per heavy atom. The summed E-state index contributed by atoms with van der Waals surface area (Å²) in [6.07, 6.45) is 0. The second kappa shape index (κ2) is 5.20. The highest BCUT2D eigenvalue weighted by molar-refractivity contribution is 5.20. The van der Waals surface area contributed by atoms with Gasteiger partial charge in [0.1, 0.15) is 5.92 Å². The lowest BCUT2D eigenvalue weighted by molar-refractivity contribution is -0.543. The number of rotatable bonds is 5. The lowest BCUT2D eigenvalue weighted by Gasteiger charge is -2.14. The smallest absolute Gasteiger partial charge is 0.223 e. The van der Waals surface area contributed by atoms with Crippen molar-refractivity contribution in [3.8, 4) is 0 Å². The van der Waals surface area contributed by atoms with Crippen LogP contribution in [0.3, 0.4) is 0 Å². The highest BCUT2D eigenvalue weighted by Gasteiger charge is 2.32. The average molecular weight is 224 g/mol. The summed E-state index contributed by atoms with van der Waals surface area (Å²) in [6.45, 7) is 0.966. The maximum atomic E-state index is 10.7. The maximum Gasteiger partial charge on any atom is 0.223 e. The van der Waals surface area contributed by atoms with Gasteiger partial charge in [0.2, 0.25) is 12.6 Å². The van der Waals surface area contributed by atoms with Crippen LogP contribution < -0.4 is 0 Å². The first-order valence-corrected chi connectivity index (χ1v) is 4.82. The summed E-state index contributed by atoms with van der Waals surface area (Å²) in [5, 5.41) is 21.2. The number of benzene rings is 1. The minimum atomic E-state index is -0.965. The molecule has 1 aromatic rings. The van der Waals surface area contributed by atoms with Gasteiger partial charge in [0, 0.05) is 16.8 Å². The van der Waals surface area contributed by atoms with Gasteiger partial charge in [0.15, 0.2) is 0 Å². The van der Waals surface area contributed by atoms with E-state index in [4.69, 9.17) is 0 Å². The SMILES string of the molecule is CC(C(C[N+](=O)[O-])c1ccccc1)[N+](=O)[O-]. The normalized spacial score (nSPS) is 14.1. The summed E-state index contributed by atoms with van der Waals surface area (Å²) in [7, 11) is 0. The molecule has 0 aliphatic carbocycles. The van der Waals surface area contributed by atoms with Crippen molar-refractivity contribution in [3.63, 3.8) is 0 Å². The van der Waals surface area contributed by atoms with Gasteiger partial charge in [-0.2, -0.15) is 0 Å². The first-order chi connectivity index (χ1) is 7.52. The fourth-order valence-electron chi connectivity index (χ4n) is 1.54. The molecule has 16 heavy (non-hydrogen) atoms. The Kier molecular flexibility index (Phi) is 3.93. The molecule has 0 N–H and O–H groups in total. The molecule has 0 saturated heterocycles. The van der Waals surface area contributed by atoms with Gasteiger partial charge in [-0.1, -0.05) is 30.3 Å². The van der Waals surface area contributed by atoms with Gasteiger partial charge in [-0.3, -0.25) is 20.2 Å². The second-order valence-electron chi connectivity index (χ2n) is 3.56. The molecule has 0 aliphatic heterocycles. The number of nitro groups is 2. The molecule has 0 radical (unpaired) electrons. The molecule has 0 amide bonds. The molecule has 86 valence electrons. The first kappa shape index (κ1) is 12.1. The summed E-state index contributed by atoms with van der Waals surface area (Å²) >= 11 is 0. The molecule has 6 nitrogen and oxygen atoms in total. The topological polar surface area (TPSA) is 86.3 Å². The fourth-order valence-corrected chi connectivity index (χ4v) is 1.54. The number of hydrogen-bond acceptors (Lipinski definition) is 4. The molecule has 0 saturated carbocycles. The third-order valence-electron chi connectivity index (χ3n) is 2.49. The molecule has 2 unspecified atom stereocenters. The third-order valence-corrected chi connectivity index (χ3v) is 2.49. The van der Waals surface area contributed by atoms with Crippen LogP contribution in [-0.2, 0) is 0 Å². The summed E-state index contributed by atoms with van der Waals surface area (Å²) < 4.78 is 0. The zero-order valence-corrected chi connectivity index (χ0v) is 8.78. The quantitative estimate of drug-likeness (QED) is 0.562. The largest absolute Gasteiger partial charge is 0.265 e. The molecule has 0 aliphatic rings. The van der Waals surface area contributed by atoms with Crippen molar-refractivity contribution >= 4 is 0 Å². The highest BCUT2D eigenvalue weighted by atomic mass is 16.6. The predicted molar refractivity (Wildman–Crippen MR) is 57.5 cm³/mol. The minimum absolute atomic E-state index is 0.424. The van der Waals surface area contributed by atoms with Gasteiger partial charge in [-0.05, 0) is 5.56 Å². The molecule has 0 bridgehead atoms. The Bertz CT molecular complexity index is 380. The second-order valence-corrected chi connectivity index (χ2v) is 3.56. The van der Waals surface area contributed by atoms with Crippen LogP contribution in [0.15, 0.2) is 30.3 Å². The first-order valence-electron chi connectivity index (χ1n) is 4.82.